The summed E-state index contributed by atoms with van der Waals surface area (Å²) in [7, 11) is 1.60. The van der Waals surface area contributed by atoms with E-state index in [1.165, 1.54) is 16.8 Å². The first kappa shape index (κ1) is 15.1. The van der Waals surface area contributed by atoms with E-state index < -0.39 is 11.9 Å². The Bertz CT molecular complexity index is 598. The summed E-state index contributed by atoms with van der Waals surface area (Å²) in [5, 5.41) is 10.1. The van der Waals surface area contributed by atoms with Crippen molar-refractivity contribution in [1.29, 1.82) is 0 Å². The molecular formula is C13H13N3O4S. The minimum absolute atomic E-state index is 0.361. The second-order valence-electron chi connectivity index (χ2n) is 4.00. The molecule has 1 aromatic carbocycles. The van der Waals surface area contributed by atoms with Crippen LogP contribution in [0, 0.1) is 0 Å². The third-order valence-electron chi connectivity index (χ3n) is 2.44. The van der Waals surface area contributed by atoms with Crippen LogP contribution in [-0.4, -0.2) is 35.8 Å². The molecule has 0 fully saturated rings. The Morgan fingerprint density at radius 2 is 2.05 bits per heavy atom. The normalized spacial score (nSPS) is 10.1. The number of carbonyl (C=O) groups is 2. The molecule has 1 N–H and O–H groups in total. The van der Waals surface area contributed by atoms with Crippen LogP contribution in [0.25, 0.3) is 0 Å². The summed E-state index contributed by atoms with van der Waals surface area (Å²) in [4.78, 5) is 23.3. The predicted molar refractivity (Wildman–Crippen MR) is 76.0 cm³/mol. The lowest BCUT2D eigenvalue weighted by atomic mass is 10.1. The van der Waals surface area contributed by atoms with Crippen LogP contribution in [0.2, 0.25) is 0 Å². The molecule has 0 aliphatic rings. The van der Waals surface area contributed by atoms with Crippen molar-refractivity contribution >= 4 is 28.3 Å². The first-order valence-corrected chi connectivity index (χ1v) is 6.88. The highest BCUT2D eigenvalue weighted by Crippen LogP contribution is 2.09. The number of benzene rings is 1. The molecule has 0 aliphatic carbocycles. The molecule has 1 amide bonds. The molecule has 0 radical (unpaired) electrons. The fourth-order valence-electron chi connectivity index (χ4n) is 1.50. The highest BCUT2D eigenvalue weighted by Gasteiger charge is 2.11. The molecule has 0 bridgehead atoms. The number of anilines is 1. The first-order valence-electron chi connectivity index (χ1n) is 6.00. The van der Waals surface area contributed by atoms with E-state index in [1.54, 1.807) is 31.4 Å². The van der Waals surface area contributed by atoms with E-state index in [2.05, 4.69) is 15.5 Å². The van der Waals surface area contributed by atoms with Gasteiger partial charge in [0.25, 0.3) is 5.91 Å². The van der Waals surface area contributed by atoms with Crippen LogP contribution in [0.3, 0.4) is 0 Å². The zero-order chi connectivity index (χ0) is 15.1. The van der Waals surface area contributed by atoms with Gasteiger partial charge < -0.3 is 9.47 Å². The Balaban J connectivity index is 1.82. The Kier molecular flexibility index (Phi) is 5.35. The van der Waals surface area contributed by atoms with Crippen LogP contribution in [0.5, 0.6) is 0 Å². The molecule has 0 atom stereocenters. The summed E-state index contributed by atoms with van der Waals surface area (Å²) < 4.78 is 9.89. The van der Waals surface area contributed by atoms with Crippen LogP contribution < -0.4 is 5.32 Å². The van der Waals surface area contributed by atoms with Crippen LogP contribution >= 0.6 is 11.3 Å². The fourth-order valence-corrected chi connectivity index (χ4v) is 1.96. The molecule has 2 rings (SSSR count). The number of ether oxygens (including phenoxy) is 2. The van der Waals surface area contributed by atoms with E-state index in [0.717, 1.165) is 5.56 Å². The molecule has 8 heteroatoms. The lowest BCUT2D eigenvalue weighted by molar-refractivity contribution is -0.119. The molecule has 1 heterocycles. The molecule has 7 nitrogen and oxygen atoms in total. The van der Waals surface area contributed by atoms with Crippen molar-refractivity contribution in [3.05, 3.63) is 40.9 Å². The Morgan fingerprint density at radius 1 is 1.29 bits per heavy atom. The van der Waals surface area contributed by atoms with Gasteiger partial charge in [-0.25, -0.2) is 4.79 Å². The summed E-state index contributed by atoms with van der Waals surface area (Å²) in [6.07, 6.45) is 0. The molecule has 2 aromatic rings. The van der Waals surface area contributed by atoms with Crippen LogP contribution in [0.4, 0.5) is 5.13 Å². The molecule has 21 heavy (non-hydrogen) atoms. The van der Waals surface area contributed by atoms with E-state index in [0.29, 0.717) is 17.3 Å². The van der Waals surface area contributed by atoms with Crippen LogP contribution in [0.1, 0.15) is 15.9 Å². The number of methoxy groups -OCH3 is 1. The van der Waals surface area contributed by atoms with Gasteiger partial charge in [0.05, 0.1) is 12.2 Å². The molecule has 1 aromatic heterocycles. The monoisotopic (exact) mass is 307 g/mol. The van der Waals surface area contributed by atoms with Gasteiger partial charge in [-0.15, -0.1) is 10.2 Å². The Hall–Kier alpha value is -2.32. The standard InChI is InChI=1S/C13H13N3O4S/c1-19-6-9-2-4-10(5-3-9)12(18)20-7-11(17)15-13-16-14-8-21-13/h2-5,8H,6-7H2,1H3,(H,15,16,17). The van der Waals surface area contributed by atoms with Gasteiger partial charge in [0.1, 0.15) is 5.51 Å². The summed E-state index contributed by atoms with van der Waals surface area (Å²) in [5.41, 5.74) is 2.81. The summed E-state index contributed by atoms with van der Waals surface area (Å²) in [6.45, 7) is 0.0951. The van der Waals surface area contributed by atoms with E-state index >= 15 is 0 Å². The number of hydrogen-bond acceptors (Lipinski definition) is 7. The summed E-state index contributed by atoms with van der Waals surface area (Å²) in [5.74, 6) is -1.03. The van der Waals surface area contributed by atoms with Crippen LogP contribution in [0.15, 0.2) is 29.8 Å². The van der Waals surface area contributed by atoms with Gasteiger partial charge in [-0.05, 0) is 17.7 Å². The highest BCUT2D eigenvalue weighted by molar-refractivity contribution is 7.13. The van der Waals surface area contributed by atoms with Crippen molar-refractivity contribution in [3.63, 3.8) is 0 Å². The van der Waals surface area contributed by atoms with E-state index in [1.807, 2.05) is 0 Å². The SMILES string of the molecule is COCc1ccc(C(=O)OCC(=O)Nc2nncs2)cc1. The van der Waals surface area contributed by atoms with Crippen molar-refractivity contribution in [2.75, 3.05) is 19.0 Å². The van der Waals surface area contributed by atoms with Gasteiger partial charge >= 0.3 is 5.97 Å². The van der Waals surface area contributed by atoms with Gasteiger partial charge in [-0.3, -0.25) is 10.1 Å². The van der Waals surface area contributed by atoms with Gasteiger partial charge in [-0.2, -0.15) is 0 Å². The van der Waals surface area contributed by atoms with E-state index in [-0.39, 0.29) is 6.61 Å². The molecule has 0 saturated heterocycles. The maximum absolute atomic E-state index is 11.8. The Labute approximate surface area is 124 Å². The number of carbonyl (C=O) groups excluding carboxylic acids is 2. The topological polar surface area (TPSA) is 90.4 Å². The lowest BCUT2D eigenvalue weighted by Gasteiger charge is -2.05. The maximum atomic E-state index is 11.8. The molecular weight excluding hydrogens is 294 g/mol. The van der Waals surface area contributed by atoms with Gasteiger partial charge in [0, 0.05) is 7.11 Å². The quantitative estimate of drug-likeness (QED) is 0.813. The first-order chi connectivity index (χ1) is 10.2. The number of nitrogens with one attached hydrogen (secondary N) is 1. The average Bonchev–Trinajstić information content (AvgIpc) is 2.99. The lowest BCUT2D eigenvalue weighted by Crippen LogP contribution is -2.20. The van der Waals surface area contributed by atoms with Crippen LogP contribution in [-0.2, 0) is 20.9 Å². The molecule has 0 spiro atoms. The van der Waals surface area contributed by atoms with Crippen molar-refractivity contribution in [1.82, 2.24) is 10.2 Å². The zero-order valence-electron chi connectivity index (χ0n) is 11.2. The number of rotatable bonds is 6. The minimum Gasteiger partial charge on any atom is -0.452 e. The average molecular weight is 307 g/mol. The van der Waals surface area contributed by atoms with Gasteiger partial charge in [0.2, 0.25) is 5.13 Å². The number of hydrogen-bond donors (Lipinski definition) is 1. The zero-order valence-corrected chi connectivity index (χ0v) is 12.1. The third kappa shape index (κ3) is 4.62. The smallest absolute Gasteiger partial charge is 0.338 e. The van der Waals surface area contributed by atoms with E-state index in [4.69, 9.17) is 9.47 Å². The highest BCUT2D eigenvalue weighted by atomic mass is 32.1. The maximum Gasteiger partial charge on any atom is 0.338 e. The molecule has 0 unspecified atom stereocenters. The van der Waals surface area contributed by atoms with E-state index in [9.17, 15) is 9.59 Å². The van der Waals surface area contributed by atoms with Crippen molar-refractivity contribution in [2.24, 2.45) is 0 Å². The van der Waals surface area contributed by atoms with Crippen molar-refractivity contribution < 1.29 is 19.1 Å². The fraction of sp³-hybridized carbons (Fsp3) is 0.231. The van der Waals surface area contributed by atoms with Crippen molar-refractivity contribution in [2.45, 2.75) is 6.61 Å². The van der Waals surface area contributed by atoms with Gasteiger partial charge in [-0.1, -0.05) is 23.5 Å². The largest absolute Gasteiger partial charge is 0.452 e. The second kappa shape index (κ2) is 7.46. The Morgan fingerprint density at radius 3 is 2.67 bits per heavy atom. The van der Waals surface area contributed by atoms with Gasteiger partial charge in [0.15, 0.2) is 6.61 Å². The number of amides is 1. The number of esters is 1. The minimum atomic E-state index is -0.564. The molecule has 110 valence electrons. The molecule has 0 aliphatic heterocycles. The molecule has 0 saturated carbocycles. The summed E-state index contributed by atoms with van der Waals surface area (Å²) >= 11 is 1.18. The predicted octanol–water partition coefficient (Wildman–Crippen LogP) is 1.48. The number of nitrogens with zero attached hydrogens (tertiary/aromatic N) is 2. The number of aromatic nitrogens is 2. The summed E-state index contributed by atoms with van der Waals surface area (Å²) in [6, 6.07) is 6.78. The second-order valence-corrected chi connectivity index (χ2v) is 4.83. The van der Waals surface area contributed by atoms with Crippen molar-refractivity contribution in [3.8, 4) is 0 Å². The third-order valence-corrected chi connectivity index (χ3v) is 3.05.